The van der Waals surface area contributed by atoms with Gasteiger partial charge < -0.3 is 9.88 Å². The van der Waals surface area contributed by atoms with Crippen LogP contribution in [0.25, 0.3) is 21.4 Å². The van der Waals surface area contributed by atoms with Crippen LogP contribution in [-0.4, -0.2) is 39.1 Å². The van der Waals surface area contributed by atoms with Crippen molar-refractivity contribution >= 4 is 28.3 Å². The number of amides is 1. The third-order valence-electron chi connectivity index (χ3n) is 6.01. The third-order valence-corrected chi connectivity index (χ3v) is 6.01. The SMILES string of the molecule is [C-]#[N+]/C(=C1\CCN(C(=O)C(=O)c2c[nH]c3c(C)ncc(C)c23)C(C)C1)c1ccccc1. The minimum Gasteiger partial charge on any atom is -0.359 e. The summed E-state index contributed by atoms with van der Waals surface area (Å²) < 4.78 is 0. The van der Waals surface area contributed by atoms with Gasteiger partial charge in [0.15, 0.2) is 5.70 Å². The van der Waals surface area contributed by atoms with E-state index in [4.69, 9.17) is 6.57 Å². The van der Waals surface area contributed by atoms with E-state index in [1.807, 2.05) is 51.1 Å². The summed E-state index contributed by atoms with van der Waals surface area (Å²) >= 11 is 0. The molecule has 6 nitrogen and oxygen atoms in total. The van der Waals surface area contributed by atoms with Gasteiger partial charge in [-0.25, -0.2) is 4.85 Å². The van der Waals surface area contributed by atoms with E-state index in [1.165, 1.54) is 0 Å². The van der Waals surface area contributed by atoms with Crippen molar-refractivity contribution in [1.29, 1.82) is 0 Å². The van der Waals surface area contributed by atoms with Gasteiger partial charge in [0, 0.05) is 30.4 Å². The van der Waals surface area contributed by atoms with Crippen LogP contribution in [0, 0.1) is 20.4 Å². The van der Waals surface area contributed by atoms with Crippen molar-refractivity contribution in [2.75, 3.05) is 6.54 Å². The molecule has 1 amide bonds. The third kappa shape index (κ3) is 3.64. The summed E-state index contributed by atoms with van der Waals surface area (Å²) in [5, 5.41) is 0.760. The number of H-pyrrole nitrogens is 1. The van der Waals surface area contributed by atoms with Crippen molar-refractivity contribution in [2.24, 2.45) is 0 Å². The Labute approximate surface area is 181 Å². The predicted molar refractivity (Wildman–Crippen MR) is 120 cm³/mol. The van der Waals surface area contributed by atoms with Crippen LogP contribution < -0.4 is 0 Å². The molecule has 1 unspecified atom stereocenters. The fourth-order valence-electron chi connectivity index (χ4n) is 4.37. The Kier molecular flexibility index (Phi) is 5.43. The zero-order chi connectivity index (χ0) is 22.1. The summed E-state index contributed by atoms with van der Waals surface area (Å²) in [6.45, 7) is 13.8. The summed E-state index contributed by atoms with van der Waals surface area (Å²) in [7, 11) is 0. The molecule has 1 atom stereocenters. The highest BCUT2D eigenvalue weighted by molar-refractivity contribution is 6.45. The smallest absolute Gasteiger partial charge is 0.295 e. The van der Waals surface area contributed by atoms with Gasteiger partial charge in [-0.2, -0.15) is 0 Å². The van der Waals surface area contributed by atoms with Gasteiger partial charge >= 0.3 is 0 Å². The van der Waals surface area contributed by atoms with Crippen LogP contribution in [-0.2, 0) is 4.79 Å². The standard InChI is InChI=1S/C25H24N4O2/c1-15-13-27-17(3)22-21(15)20(14-28-22)24(30)25(31)29-11-10-19(12-16(29)2)23(26-4)18-8-6-5-7-9-18/h5-9,13-14,16,28H,10-12H2,1-3H3/b23-19+. The topological polar surface area (TPSA) is 70.4 Å². The fourth-order valence-corrected chi connectivity index (χ4v) is 4.37. The fraction of sp³-hybridized carbons (Fsp3) is 0.280. The van der Waals surface area contributed by atoms with Crippen molar-refractivity contribution in [3.05, 3.63) is 82.1 Å². The second-order valence-corrected chi connectivity index (χ2v) is 8.04. The Morgan fingerprint density at radius 3 is 2.65 bits per heavy atom. The first kappa shape index (κ1) is 20.5. The van der Waals surface area contributed by atoms with Gasteiger partial charge in [-0.05, 0) is 44.7 Å². The average Bonchev–Trinajstić information content (AvgIpc) is 3.23. The van der Waals surface area contributed by atoms with Crippen LogP contribution in [0.4, 0.5) is 0 Å². The number of piperidine rings is 1. The number of pyridine rings is 1. The molecule has 2 aromatic heterocycles. The molecule has 31 heavy (non-hydrogen) atoms. The molecule has 1 N–H and O–H groups in total. The van der Waals surface area contributed by atoms with E-state index >= 15 is 0 Å². The number of carbonyl (C=O) groups excluding carboxylic acids is 2. The quantitative estimate of drug-likeness (QED) is 0.385. The van der Waals surface area contributed by atoms with Gasteiger partial charge in [-0.1, -0.05) is 35.9 Å². The Balaban J connectivity index is 1.59. The van der Waals surface area contributed by atoms with Crippen molar-refractivity contribution < 1.29 is 9.59 Å². The van der Waals surface area contributed by atoms with Gasteiger partial charge in [0.1, 0.15) is 0 Å². The van der Waals surface area contributed by atoms with Crippen LogP contribution in [0.3, 0.4) is 0 Å². The number of carbonyl (C=O) groups is 2. The molecule has 1 aliphatic heterocycles. The maximum atomic E-state index is 13.1. The van der Waals surface area contributed by atoms with E-state index in [0.717, 1.165) is 33.3 Å². The van der Waals surface area contributed by atoms with Crippen molar-refractivity contribution in [3.63, 3.8) is 0 Å². The van der Waals surface area contributed by atoms with E-state index in [0.29, 0.717) is 30.6 Å². The Hall–Kier alpha value is -3.72. The number of hydrogen-bond donors (Lipinski definition) is 1. The van der Waals surface area contributed by atoms with Gasteiger partial charge in [0.05, 0.1) is 23.3 Å². The van der Waals surface area contributed by atoms with E-state index in [-0.39, 0.29) is 6.04 Å². The monoisotopic (exact) mass is 412 g/mol. The average molecular weight is 412 g/mol. The summed E-state index contributed by atoms with van der Waals surface area (Å²) in [5.74, 6) is -1.00. The largest absolute Gasteiger partial charge is 0.359 e. The predicted octanol–water partition coefficient (Wildman–Crippen LogP) is 4.70. The maximum absolute atomic E-state index is 13.1. The van der Waals surface area contributed by atoms with Crippen molar-refractivity contribution in [3.8, 4) is 0 Å². The number of nitrogens with zero attached hydrogens (tertiary/aromatic N) is 3. The lowest BCUT2D eigenvalue weighted by molar-refractivity contribution is -0.128. The lowest BCUT2D eigenvalue weighted by atomic mass is 9.92. The van der Waals surface area contributed by atoms with Gasteiger partial charge in [0.2, 0.25) is 0 Å². The summed E-state index contributed by atoms with van der Waals surface area (Å²) in [6, 6.07) is 9.47. The normalized spacial score (nSPS) is 18.0. The Morgan fingerprint density at radius 1 is 1.23 bits per heavy atom. The lowest BCUT2D eigenvalue weighted by Crippen LogP contribution is -2.46. The number of rotatable bonds is 3. The lowest BCUT2D eigenvalue weighted by Gasteiger charge is -2.35. The number of aromatic amines is 1. The molecule has 6 heteroatoms. The number of aryl methyl sites for hydroxylation is 2. The van der Waals surface area contributed by atoms with Gasteiger partial charge in [-0.3, -0.25) is 14.6 Å². The molecular formula is C25H24N4O2. The summed E-state index contributed by atoms with van der Waals surface area (Å²) in [5.41, 5.74) is 5.42. The van der Waals surface area contributed by atoms with Crippen LogP contribution in [0.15, 0.2) is 48.3 Å². The second-order valence-electron chi connectivity index (χ2n) is 8.04. The molecule has 0 radical (unpaired) electrons. The number of likely N-dealkylation sites (tertiary alicyclic amines) is 1. The molecule has 0 saturated carbocycles. The molecule has 156 valence electrons. The maximum Gasteiger partial charge on any atom is 0.295 e. The number of hydrogen-bond acceptors (Lipinski definition) is 3. The Bertz CT molecular complexity index is 1250. The van der Waals surface area contributed by atoms with E-state index in [2.05, 4.69) is 14.8 Å². The molecule has 3 heterocycles. The highest BCUT2D eigenvalue weighted by Gasteiger charge is 2.32. The van der Waals surface area contributed by atoms with Crippen molar-refractivity contribution in [2.45, 2.75) is 39.7 Å². The van der Waals surface area contributed by atoms with Crippen molar-refractivity contribution in [1.82, 2.24) is 14.9 Å². The number of fused-ring (bicyclic) bond motifs is 1. The highest BCUT2D eigenvalue weighted by Crippen LogP contribution is 2.31. The number of benzene rings is 1. The molecule has 0 aliphatic carbocycles. The van der Waals surface area contributed by atoms with E-state index in [9.17, 15) is 9.59 Å². The van der Waals surface area contributed by atoms with Crippen LogP contribution in [0.2, 0.25) is 0 Å². The van der Waals surface area contributed by atoms with E-state index < -0.39 is 11.7 Å². The molecule has 1 saturated heterocycles. The van der Waals surface area contributed by atoms with Crippen LogP contribution >= 0.6 is 0 Å². The summed E-state index contributed by atoms with van der Waals surface area (Å²) in [6.07, 6.45) is 4.51. The highest BCUT2D eigenvalue weighted by atomic mass is 16.2. The molecular weight excluding hydrogens is 388 g/mol. The zero-order valence-electron chi connectivity index (χ0n) is 17.9. The van der Waals surface area contributed by atoms with E-state index in [1.54, 1.807) is 17.3 Å². The first-order valence-corrected chi connectivity index (χ1v) is 10.4. The minimum atomic E-state index is -0.507. The van der Waals surface area contributed by atoms with Gasteiger partial charge in [-0.15, -0.1) is 0 Å². The molecule has 4 rings (SSSR count). The second kappa shape index (κ2) is 8.19. The molecule has 1 aliphatic rings. The molecule has 0 bridgehead atoms. The van der Waals surface area contributed by atoms with Gasteiger partial charge in [0.25, 0.3) is 11.7 Å². The van der Waals surface area contributed by atoms with Crippen LogP contribution in [0.1, 0.15) is 46.9 Å². The number of Topliss-reactive ketones (excluding diaryl/α,β-unsaturated/α-hetero) is 1. The first-order valence-electron chi connectivity index (χ1n) is 10.4. The first-order chi connectivity index (χ1) is 14.9. The molecule has 0 spiro atoms. The molecule has 3 aromatic rings. The number of aromatic nitrogens is 2. The molecule has 1 fully saturated rings. The Morgan fingerprint density at radius 2 is 1.97 bits per heavy atom. The minimum absolute atomic E-state index is 0.157. The van der Waals surface area contributed by atoms with Crippen LogP contribution in [0.5, 0.6) is 0 Å². The molecule has 1 aromatic carbocycles. The number of ketones is 1. The summed E-state index contributed by atoms with van der Waals surface area (Å²) in [4.78, 5) is 39.1. The zero-order valence-corrected chi connectivity index (χ0v) is 17.9. The number of nitrogens with one attached hydrogen (secondary N) is 1.